The number of benzene rings is 1. The van der Waals surface area contributed by atoms with Crippen LogP contribution in [0, 0.1) is 35.3 Å². The summed E-state index contributed by atoms with van der Waals surface area (Å²) >= 11 is 0. The molecular weight excluding hydrogens is 358 g/mol. The Morgan fingerprint density at radius 2 is 1.64 bits per heavy atom. The van der Waals surface area contributed by atoms with E-state index >= 15 is 0 Å². The van der Waals surface area contributed by atoms with Crippen LogP contribution in [0.1, 0.15) is 70.6 Å². The summed E-state index contributed by atoms with van der Waals surface area (Å²) in [6.45, 7) is 3.80. The number of carbonyl (C=O) groups is 1. The summed E-state index contributed by atoms with van der Waals surface area (Å²) in [5.74, 6) is 0.138. The molecule has 0 bridgehead atoms. The van der Waals surface area contributed by atoms with Gasteiger partial charge in [0.25, 0.3) is 0 Å². The highest BCUT2D eigenvalue weighted by molar-refractivity contribution is 5.75. The number of halogens is 2. The molecule has 0 heterocycles. The summed E-state index contributed by atoms with van der Waals surface area (Å²) < 4.78 is 31.5. The molecule has 2 aliphatic rings. The normalized spacial score (nSPS) is 27.9. The van der Waals surface area contributed by atoms with E-state index < -0.39 is 11.6 Å². The lowest BCUT2D eigenvalue weighted by Crippen LogP contribution is -2.30. The second-order valence-electron chi connectivity index (χ2n) is 8.61. The van der Waals surface area contributed by atoms with E-state index in [9.17, 15) is 13.6 Å². The third-order valence-electron chi connectivity index (χ3n) is 6.79. The number of carbonyl (C=O) groups excluding carboxylic acids is 1. The fraction of sp³-hybridized carbons (Fsp3) is 0.625. The van der Waals surface area contributed by atoms with Crippen LogP contribution in [-0.4, -0.2) is 5.97 Å². The van der Waals surface area contributed by atoms with E-state index in [-0.39, 0.29) is 17.6 Å². The van der Waals surface area contributed by atoms with Crippen LogP contribution in [-0.2, 0) is 4.79 Å². The average Bonchev–Trinajstić information content (AvgIpc) is 2.72. The molecule has 0 radical (unpaired) electrons. The van der Waals surface area contributed by atoms with Gasteiger partial charge in [0.1, 0.15) is 5.75 Å². The minimum absolute atomic E-state index is 0.0841. The van der Waals surface area contributed by atoms with Gasteiger partial charge in [0.2, 0.25) is 0 Å². The molecule has 0 aromatic heterocycles. The zero-order valence-electron chi connectivity index (χ0n) is 16.7. The van der Waals surface area contributed by atoms with Gasteiger partial charge in [-0.15, -0.1) is 6.58 Å². The van der Waals surface area contributed by atoms with E-state index in [1.165, 1.54) is 44.6 Å². The Kier molecular flexibility index (Phi) is 7.64. The molecule has 0 amide bonds. The van der Waals surface area contributed by atoms with Gasteiger partial charge in [0.05, 0.1) is 5.92 Å². The van der Waals surface area contributed by atoms with Crippen LogP contribution in [0.25, 0.3) is 0 Å². The van der Waals surface area contributed by atoms with Crippen LogP contribution < -0.4 is 4.74 Å². The molecule has 1 aromatic carbocycles. The minimum atomic E-state index is -0.992. The number of ether oxygens (including phenoxy) is 1. The summed E-state index contributed by atoms with van der Waals surface area (Å²) in [7, 11) is 0. The quantitative estimate of drug-likeness (QED) is 0.220. The lowest BCUT2D eigenvalue weighted by atomic mass is 9.68. The highest BCUT2D eigenvalue weighted by Crippen LogP contribution is 2.42. The molecule has 28 heavy (non-hydrogen) atoms. The van der Waals surface area contributed by atoms with Gasteiger partial charge >= 0.3 is 5.97 Å². The molecule has 1 aromatic rings. The zero-order chi connectivity index (χ0) is 19.9. The predicted molar refractivity (Wildman–Crippen MR) is 107 cm³/mol. The van der Waals surface area contributed by atoms with Gasteiger partial charge in [-0.1, -0.05) is 25.3 Å². The van der Waals surface area contributed by atoms with E-state index in [2.05, 4.69) is 6.58 Å². The van der Waals surface area contributed by atoms with Gasteiger partial charge in [0, 0.05) is 6.07 Å². The van der Waals surface area contributed by atoms with E-state index in [1.54, 1.807) is 0 Å². The van der Waals surface area contributed by atoms with Crippen LogP contribution >= 0.6 is 0 Å². The zero-order valence-corrected chi connectivity index (χ0v) is 16.7. The highest BCUT2D eigenvalue weighted by atomic mass is 19.2. The molecule has 0 saturated heterocycles. The van der Waals surface area contributed by atoms with Gasteiger partial charge in [-0.25, -0.2) is 8.78 Å². The SMILES string of the molecule is C=CCCCC1CCC(C2CCC(C(=O)Oc3ccc(F)c(F)c3)CC2)CC1. The van der Waals surface area contributed by atoms with Crippen LogP contribution in [0.4, 0.5) is 8.78 Å². The molecule has 0 atom stereocenters. The molecule has 2 nitrogen and oxygen atoms in total. The molecule has 3 rings (SSSR count). The van der Waals surface area contributed by atoms with Gasteiger partial charge in [-0.3, -0.25) is 4.79 Å². The van der Waals surface area contributed by atoms with Crippen molar-refractivity contribution < 1.29 is 18.3 Å². The van der Waals surface area contributed by atoms with E-state index in [0.717, 1.165) is 62.0 Å². The van der Waals surface area contributed by atoms with Gasteiger partial charge in [0.15, 0.2) is 11.6 Å². The first kappa shape index (κ1) is 21.0. The second kappa shape index (κ2) is 10.2. The predicted octanol–water partition coefficient (Wildman–Crippen LogP) is 6.84. The fourth-order valence-electron chi connectivity index (χ4n) is 5.07. The number of hydrogen-bond donors (Lipinski definition) is 0. The molecule has 154 valence electrons. The summed E-state index contributed by atoms with van der Waals surface area (Å²) in [5, 5.41) is 0. The molecule has 4 heteroatoms. The maximum absolute atomic E-state index is 13.3. The monoisotopic (exact) mass is 390 g/mol. The number of esters is 1. The first-order chi connectivity index (χ1) is 13.6. The van der Waals surface area contributed by atoms with Crippen molar-refractivity contribution >= 4 is 5.97 Å². The smallest absolute Gasteiger partial charge is 0.314 e. The summed E-state index contributed by atoms with van der Waals surface area (Å²) in [6, 6.07) is 3.23. The molecule has 2 aliphatic carbocycles. The molecule has 2 saturated carbocycles. The van der Waals surface area contributed by atoms with Crippen LogP contribution in [0.3, 0.4) is 0 Å². The van der Waals surface area contributed by atoms with Crippen LogP contribution in [0.2, 0.25) is 0 Å². The minimum Gasteiger partial charge on any atom is -0.426 e. The standard InChI is InChI=1S/C24H32F2O2/c1-2-3-4-5-17-6-8-18(9-7-17)19-10-12-20(13-11-19)24(27)28-21-14-15-22(25)23(26)16-21/h2,14-20H,1,3-13H2. The van der Waals surface area contributed by atoms with Crippen molar-refractivity contribution in [3.8, 4) is 5.75 Å². The van der Waals surface area contributed by atoms with Gasteiger partial charge in [-0.05, 0) is 81.3 Å². The highest BCUT2D eigenvalue weighted by Gasteiger charge is 2.33. The molecule has 0 spiro atoms. The molecule has 0 unspecified atom stereocenters. The Bertz CT molecular complexity index is 657. The Balaban J connectivity index is 1.40. The van der Waals surface area contributed by atoms with Crippen LogP contribution in [0.15, 0.2) is 30.9 Å². The van der Waals surface area contributed by atoms with E-state index in [4.69, 9.17) is 4.74 Å². The number of allylic oxidation sites excluding steroid dienone is 1. The number of hydrogen-bond acceptors (Lipinski definition) is 2. The van der Waals surface area contributed by atoms with Crippen molar-refractivity contribution in [2.24, 2.45) is 23.7 Å². The molecule has 0 aliphatic heterocycles. The van der Waals surface area contributed by atoms with Crippen LogP contribution in [0.5, 0.6) is 5.75 Å². The summed E-state index contributed by atoms with van der Waals surface area (Å²) in [4.78, 5) is 12.4. The average molecular weight is 391 g/mol. The van der Waals surface area contributed by atoms with Crippen molar-refractivity contribution in [2.45, 2.75) is 70.6 Å². The Labute approximate surface area is 167 Å². The van der Waals surface area contributed by atoms with Gasteiger partial charge < -0.3 is 4.74 Å². The van der Waals surface area contributed by atoms with Crippen molar-refractivity contribution in [3.05, 3.63) is 42.5 Å². The fourth-order valence-corrected chi connectivity index (χ4v) is 5.07. The lowest BCUT2D eigenvalue weighted by Gasteiger charge is -2.37. The number of rotatable bonds is 7. The molecule has 0 N–H and O–H groups in total. The third-order valence-corrected chi connectivity index (χ3v) is 6.79. The van der Waals surface area contributed by atoms with Crippen molar-refractivity contribution in [1.82, 2.24) is 0 Å². The third kappa shape index (κ3) is 5.65. The van der Waals surface area contributed by atoms with Crippen molar-refractivity contribution in [2.75, 3.05) is 0 Å². The first-order valence-corrected chi connectivity index (χ1v) is 10.8. The maximum Gasteiger partial charge on any atom is 0.314 e. The van der Waals surface area contributed by atoms with Crippen molar-refractivity contribution in [1.29, 1.82) is 0 Å². The van der Waals surface area contributed by atoms with E-state index in [1.807, 2.05) is 6.08 Å². The topological polar surface area (TPSA) is 26.3 Å². The Hall–Kier alpha value is -1.71. The largest absolute Gasteiger partial charge is 0.426 e. The lowest BCUT2D eigenvalue weighted by molar-refractivity contribution is -0.140. The summed E-state index contributed by atoms with van der Waals surface area (Å²) in [6.07, 6.45) is 14.9. The molecular formula is C24H32F2O2. The Morgan fingerprint density at radius 1 is 1.00 bits per heavy atom. The maximum atomic E-state index is 13.3. The summed E-state index contributed by atoms with van der Waals surface area (Å²) in [5.41, 5.74) is 0. The van der Waals surface area contributed by atoms with E-state index in [0.29, 0.717) is 0 Å². The Morgan fingerprint density at radius 3 is 2.25 bits per heavy atom. The number of unbranched alkanes of at least 4 members (excludes halogenated alkanes) is 1. The van der Waals surface area contributed by atoms with Crippen molar-refractivity contribution in [3.63, 3.8) is 0 Å². The second-order valence-corrected chi connectivity index (χ2v) is 8.61. The van der Waals surface area contributed by atoms with Gasteiger partial charge in [-0.2, -0.15) is 0 Å². The molecule has 2 fully saturated rings. The first-order valence-electron chi connectivity index (χ1n) is 10.8.